The molecular weight excluding hydrogens is 412 g/mol. The molecule has 2 atom stereocenters. The van der Waals surface area contributed by atoms with E-state index in [0.717, 1.165) is 21.8 Å². The molecule has 2 unspecified atom stereocenters. The lowest BCUT2D eigenvalue weighted by atomic mass is 10.1. The quantitative estimate of drug-likeness (QED) is 0.513. The molecule has 2 aromatic carbocycles. The van der Waals surface area contributed by atoms with E-state index in [1.54, 1.807) is 18.3 Å². The molecule has 0 N–H and O–H groups in total. The van der Waals surface area contributed by atoms with Gasteiger partial charge in [0.25, 0.3) is 5.91 Å². The van der Waals surface area contributed by atoms with Crippen LogP contribution in [0, 0.1) is 0 Å². The van der Waals surface area contributed by atoms with E-state index in [0.29, 0.717) is 17.9 Å². The van der Waals surface area contributed by atoms with Crippen LogP contribution in [0.15, 0.2) is 53.9 Å². The number of hydrogen-bond donors (Lipinski definition) is 0. The Bertz CT molecular complexity index is 1100. The van der Waals surface area contributed by atoms with Crippen LogP contribution in [0.4, 0.5) is 5.69 Å². The second-order valence-corrected chi connectivity index (χ2v) is 8.33. The van der Waals surface area contributed by atoms with E-state index >= 15 is 0 Å². The van der Waals surface area contributed by atoms with Gasteiger partial charge >= 0.3 is 5.97 Å². The summed E-state index contributed by atoms with van der Waals surface area (Å²) in [5.74, 6) is -0.146. The highest BCUT2D eigenvalue weighted by Crippen LogP contribution is 2.38. The number of aromatic nitrogens is 1. The zero-order valence-electron chi connectivity index (χ0n) is 17.7. The first-order valence-corrected chi connectivity index (χ1v) is 11.2. The molecule has 0 fully saturated rings. The summed E-state index contributed by atoms with van der Waals surface area (Å²) >= 11 is 1.56. The zero-order chi connectivity index (χ0) is 22.0. The van der Waals surface area contributed by atoms with Crippen LogP contribution in [0.2, 0.25) is 0 Å². The summed E-state index contributed by atoms with van der Waals surface area (Å²) in [6, 6.07) is 14.8. The topological polar surface area (TPSA) is 68.7 Å². The van der Waals surface area contributed by atoms with Crippen molar-refractivity contribution in [3.05, 3.63) is 53.9 Å². The number of anilines is 1. The Morgan fingerprint density at radius 3 is 2.71 bits per heavy atom. The van der Waals surface area contributed by atoms with Crippen LogP contribution < -0.4 is 9.64 Å². The highest BCUT2D eigenvalue weighted by molar-refractivity contribution is 7.13. The van der Waals surface area contributed by atoms with Gasteiger partial charge in [0.1, 0.15) is 16.8 Å². The third kappa shape index (κ3) is 4.32. The van der Waals surface area contributed by atoms with Crippen LogP contribution in [0.3, 0.4) is 0 Å². The van der Waals surface area contributed by atoms with Crippen molar-refractivity contribution in [1.82, 2.24) is 4.98 Å². The monoisotopic (exact) mass is 436 g/mol. The minimum atomic E-state index is -0.755. The lowest BCUT2D eigenvalue weighted by Gasteiger charge is -2.33. The molecule has 1 amide bonds. The molecule has 0 bridgehead atoms. The molecule has 1 aliphatic heterocycles. The van der Waals surface area contributed by atoms with E-state index in [1.165, 1.54) is 4.90 Å². The summed E-state index contributed by atoms with van der Waals surface area (Å²) < 4.78 is 11.1. The third-order valence-electron chi connectivity index (χ3n) is 5.28. The summed E-state index contributed by atoms with van der Waals surface area (Å²) in [6.07, 6.45) is 0.507. The van der Waals surface area contributed by atoms with E-state index in [4.69, 9.17) is 14.5 Å². The van der Waals surface area contributed by atoms with E-state index in [2.05, 4.69) is 0 Å². The van der Waals surface area contributed by atoms with E-state index < -0.39 is 12.0 Å². The number of carbonyl (C=O) groups is 2. The van der Waals surface area contributed by atoms with Gasteiger partial charge in [0.05, 0.1) is 17.5 Å². The predicted molar refractivity (Wildman–Crippen MR) is 121 cm³/mol. The van der Waals surface area contributed by atoms with Crippen molar-refractivity contribution in [2.75, 3.05) is 11.5 Å². The van der Waals surface area contributed by atoms with Crippen LogP contribution >= 0.6 is 11.3 Å². The Hall–Kier alpha value is -3.19. The van der Waals surface area contributed by atoms with Crippen LogP contribution in [0.1, 0.15) is 27.2 Å². The number of benzene rings is 2. The number of thiazole rings is 1. The summed E-state index contributed by atoms with van der Waals surface area (Å²) in [5, 5.41) is 2.91. The Labute approximate surface area is 185 Å². The first-order valence-electron chi connectivity index (χ1n) is 10.3. The zero-order valence-corrected chi connectivity index (χ0v) is 18.5. The summed E-state index contributed by atoms with van der Waals surface area (Å²) in [7, 11) is 0. The summed E-state index contributed by atoms with van der Waals surface area (Å²) in [5.41, 5.74) is 3.26. The lowest BCUT2D eigenvalue weighted by Crippen LogP contribution is -2.49. The molecule has 1 aromatic heterocycles. The molecule has 4 rings (SSSR count). The first-order chi connectivity index (χ1) is 15.0. The molecule has 0 aliphatic carbocycles. The number of nitrogens with zero attached hydrogens (tertiary/aromatic N) is 2. The molecule has 0 spiro atoms. The molecule has 6 nitrogen and oxygen atoms in total. The number of amides is 1. The number of carbonyl (C=O) groups excluding carboxylic acids is 2. The number of ether oxygens (including phenoxy) is 2. The van der Waals surface area contributed by atoms with Crippen LogP contribution in [0.25, 0.3) is 21.8 Å². The van der Waals surface area contributed by atoms with Gasteiger partial charge in [-0.2, -0.15) is 0 Å². The van der Waals surface area contributed by atoms with Crippen molar-refractivity contribution in [2.24, 2.45) is 0 Å². The summed E-state index contributed by atoms with van der Waals surface area (Å²) in [6.45, 7) is 5.36. The smallest absolute Gasteiger partial charge is 0.329 e. The Morgan fingerprint density at radius 1 is 1.19 bits per heavy atom. The molecule has 7 heteroatoms. The van der Waals surface area contributed by atoms with E-state index in [9.17, 15) is 9.59 Å². The van der Waals surface area contributed by atoms with Crippen molar-refractivity contribution in [3.8, 4) is 27.6 Å². The fourth-order valence-electron chi connectivity index (χ4n) is 3.36. The minimum Gasteiger partial charge on any atom is -0.482 e. The van der Waals surface area contributed by atoms with Gasteiger partial charge in [0, 0.05) is 16.5 Å². The number of fused-ring (bicyclic) bond motifs is 1. The van der Waals surface area contributed by atoms with Crippen molar-refractivity contribution < 1.29 is 19.1 Å². The van der Waals surface area contributed by atoms with Gasteiger partial charge in [-0.15, -0.1) is 11.3 Å². The maximum Gasteiger partial charge on any atom is 0.329 e. The molecule has 31 heavy (non-hydrogen) atoms. The van der Waals surface area contributed by atoms with Gasteiger partial charge in [-0.25, -0.2) is 9.78 Å². The Morgan fingerprint density at radius 2 is 1.97 bits per heavy atom. The normalized spacial score (nSPS) is 15.1. The predicted octanol–water partition coefficient (Wildman–Crippen LogP) is 4.93. The van der Waals surface area contributed by atoms with Crippen molar-refractivity contribution in [3.63, 3.8) is 0 Å². The number of esters is 1. The van der Waals surface area contributed by atoms with Gasteiger partial charge in [-0.3, -0.25) is 9.69 Å². The second kappa shape index (κ2) is 8.89. The van der Waals surface area contributed by atoms with E-state index in [1.807, 2.05) is 67.8 Å². The van der Waals surface area contributed by atoms with Gasteiger partial charge in [0.2, 0.25) is 0 Å². The fraction of sp³-hybridized carbons (Fsp3) is 0.292. The highest BCUT2D eigenvalue weighted by Gasteiger charge is 2.34. The minimum absolute atomic E-state index is 0.109. The molecule has 3 aromatic rings. The maximum absolute atomic E-state index is 12.7. The second-order valence-electron chi connectivity index (χ2n) is 7.47. The lowest BCUT2D eigenvalue weighted by molar-refractivity contribution is -0.150. The Balaban J connectivity index is 1.66. The van der Waals surface area contributed by atoms with Crippen LogP contribution in [-0.2, 0) is 14.3 Å². The average molecular weight is 437 g/mol. The molecule has 0 saturated carbocycles. The van der Waals surface area contributed by atoms with Gasteiger partial charge in [-0.05, 0) is 38.5 Å². The largest absolute Gasteiger partial charge is 0.482 e. The van der Waals surface area contributed by atoms with Gasteiger partial charge < -0.3 is 9.47 Å². The SMILES string of the molecule is CCC(C)OC(=O)C(C)N1C(=O)COc2ccc(-c3csc(-c4ccccc4)n3)cc21. The third-order valence-corrected chi connectivity index (χ3v) is 6.17. The van der Waals surface area contributed by atoms with Crippen molar-refractivity contribution in [2.45, 2.75) is 39.3 Å². The summed E-state index contributed by atoms with van der Waals surface area (Å²) in [4.78, 5) is 31.5. The van der Waals surface area contributed by atoms with Gasteiger partial charge in [0.15, 0.2) is 6.61 Å². The molecule has 0 saturated heterocycles. The molecule has 2 heterocycles. The van der Waals surface area contributed by atoms with Crippen molar-refractivity contribution >= 4 is 28.9 Å². The molecule has 160 valence electrons. The Kier molecular flexibility index (Phi) is 6.04. The maximum atomic E-state index is 12.7. The van der Waals surface area contributed by atoms with Gasteiger partial charge in [-0.1, -0.05) is 37.3 Å². The molecule has 0 radical (unpaired) electrons. The van der Waals surface area contributed by atoms with Crippen molar-refractivity contribution in [1.29, 1.82) is 0 Å². The van der Waals surface area contributed by atoms with Crippen LogP contribution in [-0.4, -0.2) is 35.6 Å². The number of hydrogen-bond acceptors (Lipinski definition) is 6. The highest BCUT2D eigenvalue weighted by atomic mass is 32.1. The average Bonchev–Trinajstić information content (AvgIpc) is 3.29. The standard InChI is InChI=1S/C24H24N2O4S/c1-4-15(2)30-24(28)16(3)26-20-12-18(10-11-21(20)29-13-22(26)27)19-14-31-23(25-19)17-8-6-5-7-9-17/h5-12,14-16H,4,13H2,1-3H3. The first kappa shape index (κ1) is 21.1. The van der Waals surface area contributed by atoms with E-state index in [-0.39, 0.29) is 18.6 Å². The molecular formula is C24H24N2O4S. The fourth-order valence-corrected chi connectivity index (χ4v) is 4.20. The number of rotatable bonds is 6. The van der Waals surface area contributed by atoms with Crippen LogP contribution in [0.5, 0.6) is 5.75 Å². The molecule has 1 aliphatic rings.